The number of rotatable bonds is 14. The molecule has 3 N–H and O–H groups in total. The van der Waals surface area contributed by atoms with Crippen molar-refractivity contribution in [3.63, 3.8) is 0 Å². The molecule has 15 nitrogen and oxygen atoms in total. The number of unbranched alkanes of at least 4 members (excludes halogenated alkanes) is 1. The molecule has 5 aliphatic heterocycles. The minimum absolute atomic E-state index is 0.0264. The third-order valence-electron chi connectivity index (χ3n) is 18.3. The Labute approximate surface area is 453 Å². The summed E-state index contributed by atoms with van der Waals surface area (Å²) in [6.45, 7) is 9.68. The average molecular weight is 1070 g/mol. The van der Waals surface area contributed by atoms with Gasteiger partial charge in [0.1, 0.15) is 28.6 Å². The van der Waals surface area contributed by atoms with Crippen molar-refractivity contribution in [2.45, 2.75) is 102 Å². The Bertz CT molecular complexity index is 3150. The van der Waals surface area contributed by atoms with Crippen LogP contribution in [0.15, 0.2) is 48.7 Å². The van der Waals surface area contributed by atoms with Crippen molar-refractivity contribution in [3.8, 4) is 35.4 Å². The quantitative estimate of drug-likeness (QED) is 0.0718. The van der Waals surface area contributed by atoms with E-state index < -0.39 is 17.7 Å². The number of aromatic nitrogens is 3. The first-order valence-corrected chi connectivity index (χ1v) is 28.3. The maximum absolute atomic E-state index is 17.1. The van der Waals surface area contributed by atoms with E-state index in [-0.39, 0.29) is 69.7 Å². The molecule has 2 bridgehead atoms. The van der Waals surface area contributed by atoms with E-state index in [1.54, 1.807) is 24.4 Å². The number of likely N-dealkylation sites (tertiary alicyclic amines) is 1. The van der Waals surface area contributed by atoms with Crippen LogP contribution in [0.3, 0.4) is 0 Å². The first-order valence-electron chi connectivity index (χ1n) is 27.9. The molecule has 18 heteroatoms. The van der Waals surface area contributed by atoms with Crippen LogP contribution in [0.4, 0.5) is 25.1 Å². The van der Waals surface area contributed by atoms with E-state index in [1.807, 2.05) is 4.90 Å². The summed E-state index contributed by atoms with van der Waals surface area (Å²) in [6.07, 6.45) is 22.5. The van der Waals surface area contributed by atoms with Gasteiger partial charge in [-0.05, 0) is 130 Å². The van der Waals surface area contributed by atoms with Gasteiger partial charge in [-0.25, -0.2) is 13.6 Å². The van der Waals surface area contributed by atoms with E-state index in [4.69, 9.17) is 32.7 Å². The number of aromatic hydroxyl groups is 1. The SMILES string of the molecule is C#Cc1c(F)ccc2cc(O)cc(-c3ncc4c(N5CC6CCC(C5)N6)nc(OCC5(CN6CCN(CCCCC7CCC8(CC7)CCN(C(=O)c7ccc(Cl)c(N9CCC(=O)NC9=O)c7)CC8)CC6)CC5)nc4c3F)c12. The Morgan fingerprint density at radius 3 is 2.36 bits per heavy atom. The van der Waals surface area contributed by atoms with Crippen LogP contribution in [-0.2, 0) is 4.79 Å². The molecule has 2 unspecified atom stereocenters. The predicted octanol–water partition coefficient (Wildman–Crippen LogP) is 8.91. The van der Waals surface area contributed by atoms with Gasteiger partial charge in [-0.1, -0.05) is 36.4 Å². The number of nitrogens with zero attached hydrogens (tertiary/aromatic N) is 8. The van der Waals surface area contributed by atoms with Gasteiger partial charge in [-0.3, -0.25) is 24.8 Å². The largest absolute Gasteiger partial charge is 0.508 e. The van der Waals surface area contributed by atoms with E-state index in [0.717, 1.165) is 96.8 Å². The minimum Gasteiger partial charge on any atom is -0.508 e. The molecule has 7 heterocycles. The third-order valence-corrected chi connectivity index (χ3v) is 18.6. The third kappa shape index (κ3) is 10.6. The van der Waals surface area contributed by atoms with E-state index in [1.165, 1.54) is 74.1 Å². The van der Waals surface area contributed by atoms with Gasteiger partial charge in [0.05, 0.1) is 28.3 Å². The summed E-state index contributed by atoms with van der Waals surface area (Å²) in [4.78, 5) is 62.9. The number of urea groups is 1. The van der Waals surface area contributed by atoms with Crippen molar-refractivity contribution in [1.82, 2.24) is 40.3 Å². The topological polar surface area (TPSA) is 160 Å². The van der Waals surface area contributed by atoms with E-state index in [2.05, 4.69) is 36.2 Å². The highest BCUT2D eigenvalue weighted by Gasteiger charge is 2.46. The Kier molecular flexibility index (Phi) is 14.2. The number of hydrogen-bond donors (Lipinski definition) is 3. The van der Waals surface area contributed by atoms with Crippen molar-refractivity contribution in [2.24, 2.45) is 16.7 Å². The molecule has 7 fully saturated rings. The van der Waals surface area contributed by atoms with Crippen LogP contribution in [0.25, 0.3) is 32.9 Å². The lowest BCUT2D eigenvalue weighted by Gasteiger charge is -2.46. The standard InChI is InChI=1S/C59H67ClF2N10O5/c1-2-43-47(61)11-7-38-29-42(73)31-44(50(38)43)52-51(62)53-45(32-63-52)54(71-33-40-8-9-41(34-71)64-40)67-56(66-53)77-36-59(17-18-59)35-69-27-25-68(26-28-69)21-4-3-5-37-12-15-58(16-13-37)19-23-70(24-20-58)55(75)39-6-10-46(60)48(30-39)72-22-14-49(74)65-57(72)76/h1,6-7,10-11,29-32,37,40-41,64,73H,3-5,8-9,12-28,33-36H2,(H,65,74,76). The van der Waals surface area contributed by atoms with Gasteiger partial charge in [-0.2, -0.15) is 9.97 Å². The van der Waals surface area contributed by atoms with E-state index >= 15 is 8.78 Å². The van der Waals surface area contributed by atoms with Crippen LogP contribution >= 0.6 is 11.6 Å². The maximum Gasteiger partial charge on any atom is 0.328 e. The summed E-state index contributed by atoms with van der Waals surface area (Å²) in [6, 6.07) is 10.9. The number of terminal acetylenes is 1. The van der Waals surface area contributed by atoms with Crippen LogP contribution in [0, 0.1) is 40.7 Å². The Morgan fingerprint density at radius 1 is 0.883 bits per heavy atom. The summed E-state index contributed by atoms with van der Waals surface area (Å²) >= 11 is 6.46. The molecule has 404 valence electrons. The molecular formula is C59H67ClF2N10O5. The second kappa shape index (κ2) is 21.2. The average Bonchev–Trinajstić information content (AvgIpc) is 4.16. The van der Waals surface area contributed by atoms with Crippen LogP contribution in [0.1, 0.15) is 106 Å². The van der Waals surface area contributed by atoms with Crippen molar-refractivity contribution >= 4 is 62.6 Å². The molecule has 3 aromatic carbocycles. The number of amides is 4. The number of piperazine rings is 2. The Morgan fingerprint density at radius 2 is 1.64 bits per heavy atom. The Hall–Kier alpha value is -6.19. The number of hydrogen-bond acceptors (Lipinski definition) is 12. The first kappa shape index (κ1) is 51.6. The van der Waals surface area contributed by atoms with Crippen LogP contribution in [0.5, 0.6) is 11.8 Å². The van der Waals surface area contributed by atoms with E-state index in [0.29, 0.717) is 70.1 Å². The highest BCUT2D eigenvalue weighted by molar-refractivity contribution is 6.34. The fourth-order valence-corrected chi connectivity index (χ4v) is 13.7. The van der Waals surface area contributed by atoms with Crippen molar-refractivity contribution < 1.29 is 33.0 Å². The number of pyridine rings is 1. The molecule has 7 aliphatic rings. The molecule has 2 aromatic heterocycles. The molecule has 12 rings (SSSR count). The number of fused-ring (bicyclic) bond motifs is 4. The van der Waals surface area contributed by atoms with Gasteiger partial charge in [0.2, 0.25) is 5.91 Å². The molecular weight excluding hydrogens is 1000 g/mol. The fourth-order valence-electron chi connectivity index (χ4n) is 13.5. The lowest BCUT2D eigenvalue weighted by Crippen LogP contribution is -2.51. The van der Waals surface area contributed by atoms with Crippen molar-refractivity contribution in [1.29, 1.82) is 0 Å². The van der Waals surface area contributed by atoms with E-state index in [9.17, 15) is 19.5 Å². The first-order chi connectivity index (χ1) is 37.3. The highest BCUT2D eigenvalue weighted by atomic mass is 35.5. The monoisotopic (exact) mass is 1070 g/mol. The van der Waals surface area contributed by atoms with Crippen molar-refractivity contribution in [3.05, 3.63) is 76.4 Å². The summed E-state index contributed by atoms with van der Waals surface area (Å²) in [7, 11) is 0. The Balaban J connectivity index is 0.611. The fraction of sp³-hybridized carbons (Fsp3) is 0.525. The normalized spacial score (nSPS) is 22.7. The van der Waals surface area contributed by atoms with Gasteiger partial charge < -0.3 is 34.8 Å². The molecule has 5 aromatic rings. The van der Waals surface area contributed by atoms with Gasteiger partial charge >= 0.3 is 12.0 Å². The molecule has 0 radical (unpaired) electrons. The molecule has 77 heavy (non-hydrogen) atoms. The molecule has 4 amide bonds. The summed E-state index contributed by atoms with van der Waals surface area (Å²) in [5.74, 6) is 1.93. The van der Waals surface area contributed by atoms with Gasteiger partial charge in [-0.15, -0.1) is 6.42 Å². The second-order valence-electron chi connectivity index (χ2n) is 23.3. The van der Waals surface area contributed by atoms with Gasteiger partial charge in [0.15, 0.2) is 5.82 Å². The number of nitrogens with one attached hydrogen (secondary N) is 2. The number of phenols is 1. The number of anilines is 2. The summed E-state index contributed by atoms with van der Waals surface area (Å²) in [5, 5.41) is 18.3. The molecule has 1 spiro atoms. The summed E-state index contributed by atoms with van der Waals surface area (Å²) in [5.41, 5.74) is 1.33. The van der Waals surface area contributed by atoms with Crippen LogP contribution < -0.4 is 25.2 Å². The summed E-state index contributed by atoms with van der Waals surface area (Å²) < 4.78 is 38.7. The predicted molar refractivity (Wildman–Crippen MR) is 292 cm³/mol. The number of carbonyl (C=O) groups excluding carboxylic acids is 3. The zero-order valence-electron chi connectivity index (χ0n) is 43.6. The highest BCUT2D eigenvalue weighted by Crippen LogP contribution is 2.49. The number of piperidine rings is 1. The lowest BCUT2D eigenvalue weighted by atomic mass is 9.65. The smallest absolute Gasteiger partial charge is 0.328 e. The minimum atomic E-state index is -0.721. The van der Waals surface area contributed by atoms with Gasteiger partial charge in [0, 0.05) is 112 Å². The number of phenolic OH excluding ortho intramolecular Hbond substituents is 1. The molecule has 5 saturated heterocycles. The van der Waals surface area contributed by atoms with Crippen LogP contribution in [-0.4, -0.2) is 143 Å². The zero-order chi connectivity index (χ0) is 53.0. The second-order valence-corrected chi connectivity index (χ2v) is 23.7. The van der Waals surface area contributed by atoms with Gasteiger partial charge in [0.25, 0.3) is 5.91 Å². The van der Waals surface area contributed by atoms with Crippen LogP contribution in [0.2, 0.25) is 5.02 Å². The zero-order valence-corrected chi connectivity index (χ0v) is 44.4. The molecule has 2 aliphatic carbocycles. The number of halogens is 3. The number of ether oxygens (including phenoxy) is 1. The molecule has 2 atom stereocenters. The number of imide groups is 1. The number of carbonyl (C=O) groups is 3. The maximum atomic E-state index is 17.1. The number of benzene rings is 3. The molecule has 2 saturated carbocycles. The van der Waals surface area contributed by atoms with Crippen molar-refractivity contribution in [2.75, 3.05) is 88.4 Å². The lowest BCUT2D eigenvalue weighted by molar-refractivity contribution is -0.120.